The fourth-order valence-electron chi connectivity index (χ4n) is 3.61. The molecule has 2 aromatic carbocycles. The standard InChI is InChI=1S/C25H26N2O5/c1-17-22(26-23(31-17)19-9-5-3-6-10-19)16-30-20-14-12-18(13-15-20)8-4-2-7-11-21-24(28)32-25(29)27-21/h3,5-6,9-10,12-15,21H,2,4,7-8,11,16H2,1H3,(H,27,29). The number of rotatable bonds is 10. The van der Waals surface area contributed by atoms with E-state index < -0.39 is 18.1 Å². The smallest absolute Gasteiger partial charge is 0.415 e. The predicted octanol–water partition coefficient (Wildman–Crippen LogP) is 4.97. The second kappa shape index (κ2) is 10.1. The topological polar surface area (TPSA) is 90.7 Å². The maximum Gasteiger partial charge on any atom is 0.415 e. The second-order valence-electron chi connectivity index (χ2n) is 7.83. The number of cyclic esters (lactones) is 2. The van der Waals surface area contributed by atoms with Crippen molar-refractivity contribution >= 4 is 12.1 Å². The van der Waals surface area contributed by atoms with Gasteiger partial charge in [0.05, 0.1) is 0 Å². The average Bonchev–Trinajstić information content (AvgIpc) is 3.34. The Hall–Kier alpha value is -3.61. The SMILES string of the molecule is Cc1oc(-c2ccccc2)nc1COc1ccc(CCCCCC2NC(=O)OC2=O)cc1. The van der Waals surface area contributed by atoms with Crippen molar-refractivity contribution in [3.8, 4) is 17.2 Å². The number of carbonyl (C=O) groups excluding carboxylic acids is 2. The van der Waals surface area contributed by atoms with Gasteiger partial charge in [-0.25, -0.2) is 14.6 Å². The minimum Gasteiger partial charge on any atom is -0.487 e. The molecule has 2 heterocycles. The zero-order valence-corrected chi connectivity index (χ0v) is 18.0. The van der Waals surface area contributed by atoms with Crippen LogP contribution in [0.15, 0.2) is 59.0 Å². The fourth-order valence-corrected chi connectivity index (χ4v) is 3.61. The lowest BCUT2D eigenvalue weighted by atomic mass is 10.0. The molecule has 0 spiro atoms. The lowest BCUT2D eigenvalue weighted by Gasteiger charge is -2.07. The summed E-state index contributed by atoms with van der Waals surface area (Å²) in [5.41, 5.74) is 2.96. The lowest BCUT2D eigenvalue weighted by Crippen LogP contribution is -2.28. The van der Waals surface area contributed by atoms with Gasteiger partial charge in [-0.05, 0) is 56.0 Å². The summed E-state index contributed by atoms with van der Waals surface area (Å²) in [4.78, 5) is 27.0. The van der Waals surface area contributed by atoms with E-state index in [9.17, 15) is 9.59 Å². The van der Waals surface area contributed by atoms with E-state index in [1.165, 1.54) is 5.56 Å². The van der Waals surface area contributed by atoms with Crippen LogP contribution in [-0.2, 0) is 22.6 Å². The van der Waals surface area contributed by atoms with Gasteiger partial charge in [0.25, 0.3) is 0 Å². The van der Waals surface area contributed by atoms with E-state index in [1.807, 2.05) is 49.4 Å². The van der Waals surface area contributed by atoms with Crippen LogP contribution in [0.1, 0.15) is 42.7 Å². The number of ether oxygens (including phenoxy) is 2. The number of hydrogen-bond donors (Lipinski definition) is 1. The Morgan fingerprint density at radius 3 is 2.50 bits per heavy atom. The van der Waals surface area contributed by atoms with Gasteiger partial charge in [-0.15, -0.1) is 0 Å². The summed E-state index contributed by atoms with van der Waals surface area (Å²) in [5, 5.41) is 2.52. The molecule has 0 radical (unpaired) electrons. The molecule has 1 aliphatic heterocycles. The van der Waals surface area contributed by atoms with Gasteiger partial charge < -0.3 is 19.2 Å². The highest BCUT2D eigenvalue weighted by molar-refractivity contribution is 5.95. The molecule has 166 valence electrons. The fraction of sp³-hybridized carbons (Fsp3) is 0.320. The van der Waals surface area contributed by atoms with Crippen LogP contribution in [0.25, 0.3) is 11.5 Å². The van der Waals surface area contributed by atoms with Crippen LogP contribution in [0.4, 0.5) is 4.79 Å². The van der Waals surface area contributed by atoms with E-state index >= 15 is 0 Å². The Kier molecular flexibility index (Phi) is 6.84. The highest BCUT2D eigenvalue weighted by Gasteiger charge is 2.31. The van der Waals surface area contributed by atoms with Crippen LogP contribution in [0.2, 0.25) is 0 Å². The van der Waals surface area contributed by atoms with Crippen molar-refractivity contribution in [2.45, 2.75) is 51.7 Å². The van der Waals surface area contributed by atoms with Crippen LogP contribution in [0.5, 0.6) is 5.75 Å². The third-order valence-electron chi connectivity index (χ3n) is 5.44. The monoisotopic (exact) mass is 434 g/mol. The number of nitrogens with one attached hydrogen (secondary N) is 1. The molecule has 1 atom stereocenters. The summed E-state index contributed by atoms with van der Waals surface area (Å²) in [6.07, 6.45) is 3.78. The first kappa shape index (κ1) is 21.6. The molecule has 1 fully saturated rings. The van der Waals surface area contributed by atoms with Gasteiger partial charge in [-0.1, -0.05) is 43.2 Å². The van der Waals surface area contributed by atoms with Crippen molar-refractivity contribution in [2.24, 2.45) is 0 Å². The van der Waals surface area contributed by atoms with E-state index in [-0.39, 0.29) is 0 Å². The van der Waals surface area contributed by atoms with Gasteiger partial charge >= 0.3 is 12.1 Å². The van der Waals surface area contributed by atoms with E-state index in [1.54, 1.807) is 0 Å². The Bertz CT molecular complexity index is 1060. The first-order valence-corrected chi connectivity index (χ1v) is 10.8. The molecule has 1 N–H and O–H groups in total. The number of benzene rings is 2. The normalized spacial score (nSPS) is 15.5. The molecule has 1 amide bonds. The zero-order chi connectivity index (χ0) is 22.3. The molecular weight excluding hydrogens is 408 g/mol. The van der Waals surface area contributed by atoms with Crippen LogP contribution in [0, 0.1) is 6.92 Å². The van der Waals surface area contributed by atoms with Crippen molar-refractivity contribution in [2.75, 3.05) is 0 Å². The summed E-state index contributed by atoms with van der Waals surface area (Å²) < 4.78 is 16.2. The molecule has 0 saturated carbocycles. The van der Waals surface area contributed by atoms with E-state index in [0.29, 0.717) is 18.9 Å². The number of aromatic nitrogens is 1. The number of hydrogen-bond acceptors (Lipinski definition) is 6. The molecule has 7 nitrogen and oxygen atoms in total. The van der Waals surface area contributed by atoms with Crippen molar-refractivity contribution in [3.63, 3.8) is 0 Å². The van der Waals surface area contributed by atoms with Crippen LogP contribution in [-0.4, -0.2) is 23.1 Å². The Labute approximate surface area is 186 Å². The number of unbranched alkanes of at least 4 members (excludes halogenated alkanes) is 2. The van der Waals surface area contributed by atoms with Gasteiger partial charge in [-0.2, -0.15) is 0 Å². The Morgan fingerprint density at radius 1 is 1.00 bits per heavy atom. The van der Waals surface area contributed by atoms with Crippen molar-refractivity contribution in [1.82, 2.24) is 10.3 Å². The maximum atomic E-state index is 11.4. The minimum absolute atomic E-state index is 0.349. The van der Waals surface area contributed by atoms with Gasteiger partial charge in [-0.3, -0.25) is 0 Å². The summed E-state index contributed by atoms with van der Waals surface area (Å²) in [6.45, 7) is 2.24. The number of oxazole rings is 1. The number of alkyl carbamates (subject to hydrolysis) is 1. The number of nitrogens with zero attached hydrogens (tertiary/aromatic N) is 1. The lowest BCUT2D eigenvalue weighted by molar-refractivity contribution is -0.135. The van der Waals surface area contributed by atoms with Gasteiger partial charge in [0, 0.05) is 5.56 Å². The van der Waals surface area contributed by atoms with Crippen molar-refractivity contribution in [3.05, 3.63) is 71.6 Å². The quantitative estimate of drug-likeness (QED) is 0.275. The first-order valence-electron chi connectivity index (χ1n) is 10.8. The number of amides is 1. The predicted molar refractivity (Wildman–Crippen MR) is 118 cm³/mol. The molecular formula is C25H26N2O5. The van der Waals surface area contributed by atoms with Crippen LogP contribution >= 0.6 is 0 Å². The molecule has 1 aromatic heterocycles. The minimum atomic E-state index is -0.641. The molecule has 1 saturated heterocycles. The third-order valence-corrected chi connectivity index (χ3v) is 5.44. The largest absolute Gasteiger partial charge is 0.487 e. The molecule has 0 bridgehead atoms. The average molecular weight is 434 g/mol. The Balaban J connectivity index is 1.19. The van der Waals surface area contributed by atoms with Gasteiger partial charge in [0.1, 0.15) is 29.9 Å². The molecule has 0 aliphatic carbocycles. The van der Waals surface area contributed by atoms with E-state index in [2.05, 4.69) is 27.2 Å². The van der Waals surface area contributed by atoms with E-state index in [0.717, 1.165) is 48.5 Å². The Morgan fingerprint density at radius 2 is 1.78 bits per heavy atom. The molecule has 1 aliphatic rings. The van der Waals surface area contributed by atoms with Crippen molar-refractivity contribution < 1.29 is 23.5 Å². The number of esters is 1. The molecule has 3 aromatic rings. The first-order chi connectivity index (χ1) is 15.6. The zero-order valence-electron chi connectivity index (χ0n) is 18.0. The summed E-state index contributed by atoms with van der Waals surface area (Å²) >= 11 is 0. The summed E-state index contributed by atoms with van der Waals surface area (Å²) in [6, 6.07) is 17.4. The summed E-state index contributed by atoms with van der Waals surface area (Å²) in [7, 11) is 0. The number of carbonyl (C=O) groups is 2. The van der Waals surface area contributed by atoms with Crippen LogP contribution in [0.3, 0.4) is 0 Å². The molecule has 32 heavy (non-hydrogen) atoms. The van der Waals surface area contributed by atoms with E-state index in [4.69, 9.17) is 9.15 Å². The molecule has 4 rings (SSSR count). The number of aryl methyl sites for hydroxylation is 2. The van der Waals surface area contributed by atoms with Gasteiger partial charge in [0.2, 0.25) is 5.89 Å². The van der Waals surface area contributed by atoms with Gasteiger partial charge in [0.15, 0.2) is 0 Å². The maximum absolute atomic E-state index is 11.4. The second-order valence-corrected chi connectivity index (χ2v) is 7.83. The molecule has 1 unspecified atom stereocenters. The highest BCUT2D eigenvalue weighted by Crippen LogP contribution is 2.23. The van der Waals surface area contributed by atoms with Crippen molar-refractivity contribution in [1.29, 1.82) is 0 Å². The third kappa shape index (κ3) is 5.55. The highest BCUT2D eigenvalue weighted by atomic mass is 16.6. The molecule has 7 heteroatoms. The van der Waals surface area contributed by atoms with Crippen LogP contribution < -0.4 is 10.1 Å². The summed E-state index contributed by atoms with van der Waals surface area (Å²) in [5.74, 6) is 1.67.